The SMILES string of the molecule is CCC(N)(CC)CNC(=O)c1cccc(OCc2cccnc2)c1.Cl.Cl. The lowest BCUT2D eigenvalue weighted by molar-refractivity contribution is 0.0941. The van der Waals surface area contributed by atoms with Crippen molar-refractivity contribution in [3.05, 3.63) is 59.9 Å². The summed E-state index contributed by atoms with van der Waals surface area (Å²) in [5.41, 5.74) is 7.40. The van der Waals surface area contributed by atoms with Gasteiger partial charge in [0.2, 0.25) is 0 Å². The molecule has 7 heteroatoms. The zero-order chi connectivity index (χ0) is 17.4. The Morgan fingerprint density at radius 2 is 1.92 bits per heavy atom. The topological polar surface area (TPSA) is 77.2 Å². The Balaban J connectivity index is 0.00000312. The van der Waals surface area contributed by atoms with Gasteiger partial charge in [-0.25, -0.2) is 0 Å². The summed E-state index contributed by atoms with van der Waals surface area (Å²) in [6.07, 6.45) is 5.11. The minimum absolute atomic E-state index is 0. The van der Waals surface area contributed by atoms with Crippen molar-refractivity contribution in [1.29, 1.82) is 0 Å². The van der Waals surface area contributed by atoms with E-state index in [2.05, 4.69) is 10.3 Å². The average Bonchev–Trinajstić information content (AvgIpc) is 2.65. The summed E-state index contributed by atoms with van der Waals surface area (Å²) in [6.45, 7) is 4.93. The Morgan fingerprint density at radius 1 is 1.19 bits per heavy atom. The highest BCUT2D eigenvalue weighted by atomic mass is 35.5. The van der Waals surface area contributed by atoms with Gasteiger partial charge in [0.1, 0.15) is 12.4 Å². The predicted molar refractivity (Wildman–Crippen MR) is 109 cm³/mol. The summed E-state index contributed by atoms with van der Waals surface area (Å²) < 4.78 is 5.73. The minimum Gasteiger partial charge on any atom is -0.489 e. The lowest BCUT2D eigenvalue weighted by Crippen LogP contribution is -2.49. The van der Waals surface area contributed by atoms with Gasteiger partial charge in [0.05, 0.1) is 0 Å². The van der Waals surface area contributed by atoms with Crippen molar-refractivity contribution >= 4 is 30.7 Å². The van der Waals surface area contributed by atoms with E-state index in [0.717, 1.165) is 18.4 Å². The lowest BCUT2D eigenvalue weighted by atomic mass is 9.94. The molecule has 3 N–H and O–H groups in total. The quantitative estimate of drug-likeness (QED) is 0.708. The maximum Gasteiger partial charge on any atom is 0.251 e. The van der Waals surface area contributed by atoms with Gasteiger partial charge in [-0.05, 0) is 37.1 Å². The number of hydrogen-bond donors (Lipinski definition) is 2. The van der Waals surface area contributed by atoms with Crippen molar-refractivity contribution in [2.75, 3.05) is 6.54 Å². The molecule has 1 aromatic carbocycles. The Bertz CT molecular complexity index is 665. The largest absolute Gasteiger partial charge is 0.489 e. The van der Waals surface area contributed by atoms with E-state index in [-0.39, 0.29) is 36.3 Å². The molecule has 0 saturated carbocycles. The number of amides is 1. The van der Waals surface area contributed by atoms with E-state index in [4.69, 9.17) is 10.5 Å². The van der Waals surface area contributed by atoms with Gasteiger partial charge in [0.25, 0.3) is 5.91 Å². The molecule has 0 aliphatic carbocycles. The molecule has 144 valence electrons. The summed E-state index contributed by atoms with van der Waals surface area (Å²) in [5.74, 6) is 0.509. The summed E-state index contributed by atoms with van der Waals surface area (Å²) in [4.78, 5) is 16.4. The number of halogens is 2. The van der Waals surface area contributed by atoms with Gasteiger partial charge in [-0.3, -0.25) is 9.78 Å². The van der Waals surface area contributed by atoms with Crippen LogP contribution in [-0.4, -0.2) is 23.0 Å². The summed E-state index contributed by atoms with van der Waals surface area (Å²) in [7, 11) is 0. The second-order valence-corrected chi connectivity index (χ2v) is 5.93. The smallest absolute Gasteiger partial charge is 0.251 e. The molecule has 0 aliphatic rings. The molecule has 0 saturated heterocycles. The van der Waals surface area contributed by atoms with Crippen LogP contribution in [0.3, 0.4) is 0 Å². The second kappa shape index (κ2) is 11.7. The fourth-order valence-electron chi connectivity index (χ4n) is 2.24. The first kappa shape index (κ1) is 24.2. The van der Waals surface area contributed by atoms with Gasteiger partial charge in [0.15, 0.2) is 0 Å². The number of ether oxygens (including phenoxy) is 1. The average molecular weight is 400 g/mol. The summed E-state index contributed by atoms with van der Waals surface area (Å²) in [5, 5.41) is 2.91. The molecule has 0 spiro atoms. The standard InChI is InChI=1S/C19H25N3O2.2ClH/c1-3-19(20,4-2)14-22-18(23)16-8-5-9-17(11-16)24-13-15-7-6-10-21-12-15;;/h5-12H,3-4,13-14,20H2,1-2H3,(H,22,23);2*1H. The molecule has 0 radical (unpaired) electrons. The first-order chi connectivity index (χ1) is 11.6. The van der Waals surface area contributed by atoms with Crippen LogP contribution in [-0.2, 0) is 6.61 Å². The van der Waals surface area contributed by atoms with Crippen molar-refractivity contribution in [3.63, 3.8) is 0 Å². The Labute approximate surface area is 167 Å². The predicted octanol–water partition coefficient (Wildman–Crippen LogP) is 3.75. The molecule has 1 amide bonds. The van der Waals surface area contributed by atoms with Gasteiger partial charge < -0.3 is 15.8 Å². The third kappa shape index (κ3) is 7.20. The highest BCUT2D eigenvalue weighted by Gasteiger charge is 2.21. The third-order valence-electron chi connectivity index (χ3n) is 4.23. The van der Waals surface area contributed by atoms with Crippen LogP contribution in [0.15, 0.2) is 48.8 Å². The number of nitrogens with zero attached hydrogens (tertiary/aromatic N) is 1. The van der Waals surface area contributed by atoms with Crippen LogP contribution in [0, 0.1) is 0 Å². The van der Waals surface area contributed by atoms with E-state index >= 15 is 0 Å². The Morgan fingerprint density at radius 3 is 2.54 bits per heavy atom. The van der Waals surface area contributed by atoms with Crippen molar-refractivity contribution in [2.24, 2.45) is 5.73 Å². The molecule has 1 aromatic heterocycles. The van der Waals surface area contributed by atoms with Gasteiger partial charge in [0, 0.05) is 35.6 Å². The highest BCUT2D eigenvalue weighted by molar-refractivity contribution is 5.94. The lowest BCUT2D eigenvalue weighted by Gasteiger charge is -2.26. The number of pyridine rings is 1. The van der Waals surface area contributed by atoms with E-state index in [1.165, 1.54) is 0 Å². The molecule has 0 unspecified atom stereocenters. The molecule has 2 aromatic rings. The molecule has 26 heavy (non-hydrogen) atoms. The maximum absolute atomic E-state index is 12.3. The Kier molecular flexibility index (Phi) is 10.9. The fraction of sp³-hybridized carbons (Fsp3) is 0.368. The molecule has 0 bridgehead atoms. The van der Waals surface area contributed by atoms with Crippen molar-refractivity contribution < 1.29 is 9.53 Å². The molecule has 0 fully saturated rings. The molecule has 0 aliphatic heterocycles. The highest BCUT2D eigenvalue weighted by Crippen LogP contribution is 2.16. The third-order valence-corrected chi connectivity index (χ3v) is 4.23. The molecular weight excluding hydrogens is 373 g/mol. The number of carbonyl (C=O) groups excluding carboxylic acids is 1. The van der Waals surface area contributed by atoms with E-state index in [9.17, 15) is 4.79 Å². The molecule has 1 heterocycles. The van der Waals surface area contributed by atoms with Crippen LogP contribution in [0.4, 0.5) is 0 Å². The second-order valence-electron chi connectivity index (χ2n) is 5.93. The number of nitrogens with one attached hydrogen (secondary N) is 1. The first-order valence-corrected chi connectivity index (χ1v) is 8.25. The van der Waals surface area contributed by atoms with Gasteiger partial charge in [-0.15, -0.1) is 24.8 Å². The number of hydrogen-bond acceptors (Lipinski definition) is 4. The van der Waals surface area contributed by atoms with E-state index < -0.39 is 0 Å². The van der Waals surface area contributed by atoms with Crippen LogP contribution < -0.4 is 15.8 Å². The number of aromatic nitrogens is 1. The van der Waals surface area contributed by atoms with Crippen LogP contribution in [0.1, 0.15) is 42.6 Å². The first-order valence-electron chi connectivity index (χ1n) is 8.25. The van der Waals surface area contributed by atoms with Crippen molar-refractivity contribution in [1.82, 2.24) is 10.3 Å². The number of rotatable bonds is 8. The van der Waals surface area contributed by atoms with Crippen molar-refractivity contribution in [2.45, 2.75) is 38.8 Å². The number of benzene rings is 1. The monoisotopic (exact) mass is 399 g/mol. The number of nitrogens with two attached hydrogens (primary N) is 1. The summed E-state index contributed by atoms with van der Waals surface area (Å²) in [6, 6.07) is 11.0. The van der Waals surface area contributed by atoms with Gasteiger partial charge in [-0.2, -0.15) is 0 Å². The Hall–Kier alpha value is -1.82. The number of carbonyl (C=O) groups is 1. The molecular formula is C19H27Cl2N3O2. The molecule has 5 nitrogen and oxygen atoms in total. The zero-order valence-corrected chi connectivity index (χ0v) is 16.7. The molecule has 0 atom stereocenters. The molecule has 2 rings (SSSR count). The summed E-state index contributed by atoms with van der Waals surface area (Å²) >= 11 is 0. The van der Waals surface area contributed by atoms with Crippen LogP contribution in [0.5, 0.6) is 5.75 Å². The van der Waals surface area contributed by atoms with Crippen LogP contribution in [0.25, 0.3) is 0 Å². The van der Waals surface area contributed by atoms with Gasteiger partial charge >= 0.3 is 0 Å². The van der Waals surface area contributed by atoms with E-state index in [1.54, 1.807) is 24.5 Å². The fourth-order valence-corrected chi connectivity index (χ4v) is 2.24. The normalized spacial score (nSPS) is 10.3. The van der Waals surface area contributed by atoms with E-state index in [1.807, 2.05) is 38.1 Å². The maximum atomic E-state index is 12.3. The van der Waals surface area contributed by atoms with E-state index in [0.29, 0.717) is 24.5 Å². The van der Waals surface area contributed by atoms with Crippen LogP contribution >= 0.6 is 24.8 Å². The minimum atomic E-state index is -0.357. The zero-order valence-electron chi connectivity index (χ0n) is 15.1. The van der Waals surface area contributed by atoms with Crippen molar-refractivity contribution in [3.8, 4) is 5.75 Å². The van der Waals surface area contributed by atoms with Gasteiger partial charge in [-0.1, -0.05) is 26.0 Å². The van der Waals surface area contributed by atoms with Crippen LogP contribution in [0.2, 0.25) is 0 Å².